The average molecular weight is 385 g/mol. The van der Waals surface area contributed by atoms with Gasteiger partial charge in [0, 0.05) is 28.5 Å². The van der Waals surface area contributed by atoms with Crippen LogP contribution in [0.4, 0.5) is 0 Å². The zero-order chi connectivity index (χ0) is 18.6. The van der Waals surface area contributed by atoms with Crippen molar-refractivity contribution in [3.05, 3.63) is 45.5 Å². The van der Waals surface area contributed by atoms with E-state index in [4.69, 9.17) is 33.0 Å². The number of fused-ring (bicyclic) bond motifs is 1. The first-order chi connectivity index (χ1) is 11.8. The summed E-state index contributed by atoms with van der Waals surface area (Å²) in [4.78, 5) is 34.3. The molecular weight excluding hydrogens is 367 g/mol. The highest BCUT2D eigenvalue weighted by Crippen LogP contribution is 2.41. The van der Waals surface area contributed by atoms with E-state index in [1.165, 1.54) is 0 Å². The Labute approximate surface area is 155 Å². The maximum Gasteiger partial charge on any atom is 0.333 e. The summed E-state index contributed by atoms with van der Waals surface area (Å²) in [5.74, 6) is -1.91. The van der Waals surface area contributed by atoms with Gasteiger partial charge in [-0.05, 0) is 42.0 Å². The van der Waals surface area contributed by atoms with E-state index in [1.54, 1.807) is 6.07 Å². The van der Waals surface area contributed by atoms with E-state index in [0.29, 0.717) is 10.0 Å². The van der Waals surface area contributed by atoms with Crippen molar-refractivity contribution < 1.29 is 24.2 Å². The summed E-state index contributed by atoms with van der Waals surface area (Å²) in [5, 5.41) is 9.65. The van der Waals surface area contributed by atoms with Gasteiger partial charge < -0.3 is 9.84 Å². The minimum Gasteiger partial charge on any atom is -0.481 e. The van der Waals surface area contributed by atoms with Crippen LogP contribution in [-0.4, -0.2) is 29.4 Å². The molecule has 0 bridgehead atoms. The molecule has 1 unspecified atom stereocenters. The Bertz CT molecular complexity index is 726. The molecular formula is C18H18Cl2O5. The molecule has 5 nitrogen and oxygen atoms in total. The lowest BCUT2D eigenvalue weighted by molar-refractivity contribution is -0.144. The molecule has 1 aromatic rings. The van der Waals surface area contributed by atoms with E-state index in [1.807, 2.05) is 6.07 Å². The van der Waals surface area contributed by atoms with Gasteiger partial charge in [-0.15, -0.1) is 0 Å². The number of carbonyl (C=O) groups is 3. The molecule has 0 aliphatic heterocycles. The van der Waals surface area contributed by atoms with Crippen LogP contribution in [0, 0.1) is 0 Å². The number of benzene rings is 1. The highest BCUT2D eigenvalue weighted by Gasteiger charge is 2.27. The van der Waals surface area contributed by atoms with E-state index in [9.17, 15) is 14.4 Å². The molecule has 25 heavy (non-hydrogen) atoms. The smallest absolute Gasteiger partial charge is 0.333 e. The molecule has 0 aromatic heterocycles. The Balaban J connectivity index is 1.89. The number of carboxylic acid groups (broad SMARTS) is 1. The minimum atomic E-state index is -1.06. The molecule has 1 aliphatic rings. The third kappa shape index (κ3) is 5.31. The predicted molar refractivity (Wildman–Crippen MR) is 94.1 cm³/mol. The van der Waals surface area contributed by atoms with Gasteiger partial charge in [-0.1, -0.05) is 29.8 Å². The fraction of sp³-hybridized carbons (Fsp3) is 0.389. The summed E-state index contributed by atoms with van der Waals surface area (Å²) in [7, 11) is 0. The molecule has 0 amide bonds. The highest BCUT2D eigenvalue weighted by atomic mass is 35.5. The number of hydrogen-bond acceptors (Lipinski definition) is 4. The van der Waals surface area contributed by atoms with E-state index < -0.39 is 11.9 Å². The van der Waals surface area contributed by atoms with Gasteiger partial charge >= 0.3 is 11.9 Å². The number of carboxylic acids is 1. The number of hydrogen-bond donors (Lipinski definition) is 1. The molecule has 134 valence electrons. The number of halogens is 2. The van der Waals surface area contributed by atoms with Crippen molar-refractivity contribution >= 4 is 40.9 Å². The van der Waals surface area contributed by atoms with Crippen LogP contribution in [0.15, 0.2) is 24.3 Å². The van der Waals surface area contributed by atoms with Crippen molar-refractivity contribution in [3.63, 3.8) is 0 Å². The second-order valence-corrected chi connectivity index (χ2v) is 6.84. The van der Waals surface area contributed by atoms with Crippen LogP contribution in [0.5, 0.6) is 0 Å². The fourth-order valence-corrected chi connectivity index (χ4v) is 3.53. The molecule has 2 rings (SSSR count). The minimum absolute atomic E-state index is 0.0227. The lowest BCUT2D eigenvalue weighted by Gasteiger charge is -2.12. The van der Waals surface area contributed by atoms with E-state index in [-0.39, 0.29) is 43.1 Å². The van der Waals surface area contributed by atoms with Crippen LogP contribution in [0.1, 0.15) is 42.7 Å². The molecule has 0 heterocycles. The zero-order valence-corrected chi connectivity index (χ0v) is 15.0. The van der Waals surface area contributed by atoms with Gasteiger partial charge in [0.1, 0.15) is 12.4 Å². The molecule has 0 radical (unpaired) electrons. The first kappa shape index (κ1) is 19.5. The quantitative estimate of drug-likeness (QED) is 0.542. The monoisotopic (exact) mass is 384 g/mol. The molecule has 0 spiro atoms. The summed E-state index contributed by atoms with van der Waals surface area (Å²) in [6.07, 6.45) is 1.46. The Hall–Kier alpha value is -1.85. The Morgan fingerprint density at radius 2 is 2.00 bits per heavy atom. The predicted octanol–water partition coefficient (Wildman–Crippen LogP) is 3.95. The summed E-state index contributed by atoms with van der Waals surface area (Å²) in [6.45, 7) is 3.31. The van der Waals surface area contributed by atoms with Gasteiger partial charge in [0.15, 0.2) is 0 Å². The van der Waals surface area contributed by atoms with Gasteiger partial charge in [-0.25, -0.2) is 4.79 Å². The Morgan fingerprint density at radius 1 is 1.28 bits per heavy atom. The van der Waals surface area contributed by atoms with Crippen molar-refractivity contribution in [2.45, 2.75) is 38.0 Å². The molecule has 1 atom stereocenters. The summed E-state index contributed by atoms with van der Waals surface area (Å²) < 4.78 is 4.77. The number of ketones is 1. The molecule has 0 saturated carbocycles. The zero-order valence-electron chi connectivity index (χ0n) is 13.5. The summed E-state index contributed by atoms with van der Waals surface area (Å²) in [6, 6.07) is 3.53. The second kappa shape index (κ2) is 8.50. The van der Waals surface area contributed by atoms with Crippen molar-refractivity contribution in [2.75, 3.05) is 6.61 Å². The summed E-state index contributed by atoms with van der Waals surface area (Å²) >= 11 is 12.2. The van der Waals surface area contributed by atoms with Crippen LogP contribution >= 0.6 is 23.2 Å². The largest absolute Gasteiger partial charge is 0.481 e. The standard InChI is InChI=1S/C18H18Cl2O5/c1-10(18(24)25-5-4-17(22)23)6-13(21)7-11-2-3-14-15(11)8-12(19)9-16(14)20/h8-9,11H,1-7H2,(H,22,23). The maximum absolute atomic E-state index is 12.2. The lowest BCUT2D eigenvalue weighted by atomic mass is 9.93. The van der Waals surface area contributed by atoms with Crippen molar-refractivity contribution in [1.29, 1.82) is 0 Å². The second-order valence-electron chi connectivity index (χ2n) is 5.99. The van der Waals surface area contributed by atoms with Crippen LogP contribution in [0.2, 0.25) is 10.0 Å². The number of ether oxygens (including phenoxy) is 1. The lowest BCUT2D eigenvalue weighted by Crippen LogP contribution is -2.14. The van der Waals surface area contributed by atoms with Crippen LogP contribution in [-0.2, 0) is 25.5 Å². The molecule has 0 fully saturated rings. The third-order valence-electron chi connectivity index (χ3n) is 4.10. The number of aliphatic carboxylic acids is 1. The van der Waals surface area contributed by atoms with Gasteiger partial charge in [0.2, 0.25) is 0 Å². The topological polar surface area (TPSA) is 80.7 Å². The van der Waals surface area contributed by atoms with Crippen molar-refractivity contribution in [2.24, 2.45) is 0 Å². The average Bonchev–Trinajstić information content (AvgIpc) is 2.89. The first-order valence-electron chi connectivity index (χ1n) is 7.84. The normalized spacial score (nSPS) is 15.5. The SMILES string of the molecule is C=C(CC(=O)CC1CCc2c(Cl)cc(Cl)cc21)C(=O)OCCC(=O)O. The van der Waals surface area contributed by atoms with Gasteiger partial charge in [0.25, 0.3) is 0 Å². The van der Waals surface area contributed by atoms with E-state index in [2.05, 4.69) is 6.58 Å². The Morgan fingerprint density at radius 3 is 2.68 bits per heavy atom. The van der Waals surface area contributed by atoms with Gasteiger partial charge in [-0.3, -0.25) is 9.59 Å². The molecule has 1 aliphatic carbocycles. The molecule has 7 heteroatoms. The number of rotatable bonds is 8. The molecule has 0 saturated heterocycles. The molecule has 1 aromatic carbocycles. The van der Waals surface area contributed by atoms with Crippen LogP contribution < -0.4 is 0 Å². The highest BCUT2D eigenvalue weighted by molar-refractivity contribution is 6.35. The van der Waals surface area contributed by atoms with E-state index >= 15 is 0 Å². The van der Waals surface area contributed by atoms with Crippen LogP contribution in [0.25, 0.3) is 0 Å². The number of Topliss-reactive ketones (excluding diaryl/α,β-unsaturated/α-hetero) is 1. The number of esters is 1. The van der Waals surface area contributed by atoms with Gasteiger partial charge in [-0.2, -0.15) is 0 Å². The first-order valence-corrected chi connectivity index (χ1v) is 8.59. The van der Waals surface area contributed by atoms with Crippen molar-refractivity contribution in [1.82, 2.24) is 0 Å². The Kier molecular flexibility index (Phi) is 6.62. The fourth-order valence-electron chi connectivity index (χ4n) is 2.93. The maximum atomic E-state index is 12.2. The summed E-state index contributed by atoms with van der Waals surface area (Å²) in [5.41, 5.74) is 2.04. The van der Waals surface area contributed by atoms with E-state index in [0.717, 1.165) is 24.0 Å². The molecule has 1 N–H and O–H groups in total. The van der Waals surface area contributed by atoms with Crippen molar-refractivity contribution in [3.8, 4) is 0 Å². The van der Waals surface area contributed by atoms with Gasteiger partial charge in [0.05, 0.1) is 6.42 Å². The number of carbonyl (C=O) groups excluding carboxylic acids is 2. The third-order valence-corrected chi connectivity index (χ3v) is 4.66. The van der Waals surface area contributed by atoms with Crippen LogP contribution in [0.3, 0.4) is 0 Å².